The summed E-state index contributed by atoms with van der Waals surface area (Å²) in [5.74, 6) is 0. The lowest BCUT2D eigenvalue weighted by atomic mass is 10.0. The number of allylic oxidation sites excluding steroid dienone is 10. The number of nitrogens with zero attached hydrogens (tertiary/aromatic N) is 4. The van der Waals surface area contributed by atoms with Gasteiger partial charge in [-0.25, -0.2) is 4.21 Å². The van der Waals surface area contributed by atoms with E-state index in [0.29, 0.717) is 21.1 Å². The average molecular weight is 435 g/mol. The molecule has 5 nitrogen and oxygen atoms in total. The molecule has 0 radical (unpaired) electrons. The van der Waals surface area contributed by atoms with E-state index in [2.05, 4.69) is 10.1 Å². The lowest BCUT2D eigenvalue weighted by molar-refractivity contribution is 0.699. The van der Waals surface area contributed by atoms with Crippen LogP contribution >= 0.6 is 0 Å². The van der Waals surface area contributed by atoms with Crippen molar-refractivity contribution in [3.63, 3.8) is 0 Å². The first kappa shape index (κ1) is 20.9. The van der Waals surface area contributed by atoms with Crippen LogP contribution in [0.15, 0.2) is 126 Å². The van der Waals surface area contributed by atoms with Crippen molar-refractivity contribution in [3.8, 4) is 0 Å². The van der Waals surface area contributed by atoms with Crippen molar-refractivity contribution in [2.75, 3.05) is 0 Å². The summed E-state index contributed by atoms with van der Waals surface area (Å²) < 4.78 is 13.0. The smallest absolute Gasteiger partial charge is 0.399 e. The second-order valence-corrected chi connectivity index (χ2v) is 8.43. The first-order chi connectivity index (χ1) is 15.7. The van der Waals surface area contributed by atoms with Gasteiger partial charge in [-0.15, -0.1) is 0 Å². The Hall–Kier alpha value is -4.34. The highest BCUT2D eigenvalue weighted by molar-refractivity contribution is 7.86. The second kappa shape index (κ2) is 9.65. The van der Waals surface area contributed by atoms with Crippen molar-refractivity contribution in [2.24, 2.45) is 5.11 Å². The van der Waals surface area contributed by atoms with Crippen LogP contribution in [-0.4, -0.2) is 13.9 Å². The lowest BCUT2D eigenvalue weighted by Gasteiger charge is -2.11. The molecule has 2 aromatic carbocycles. The first-order valence-electron chi connectivity index (χ1n) is 9.89. The zero-order valence-electron chi connectivity index (χ0n) is 17.0. The molecule has 0 aliphatic heterocycles. The van der Waals surface area contributed by atoms with Crippen LogP contribution in [0.4, 0.5) is 0 Å². The minimum atomic E-state index is -1.39. The quantitative estimate of drug-likeness (QED) is 0.336. The normalized spacial score (nSPS) is 14.3. The van der Waals surface area contributed by atoms with Crippen molar-refractivity contribution in [2.45, 2.75) is 0 Å². The van der Waals surface area contributed by atoms with E-state index in [1.807, 2.05) is 60.7 Å². The Bertz CT molecular complexity index is 1410. The molecule has 0 heterocycles. The van der Waals surface area contributed by atoms with Crippen LogP contribution < -0.4 is 0 Å². The number of diazo groups is 1. The molecule has 0 unspecified atom stereocenters. The van der Waals surface area contributed by atoms with Gasteiger partial charge in [-0.3, -0.25) is 0 Å². The Morgan fingerprint density at radius 3 is 1.66 bits per heavy atom. The van der Waals surface area contributed by atoms with Crippen LogP contribution in [0.2, 0.25) is 0 Å². The maximum Gasteiger partial charge on any atom is 0.399 e. The molecule has 2 aliphatic rings. The molecular formula is C26H18N4OS. The van der Waals surface area contributed by atoms with Gasteiger partial charge in [0.25, 0.3) is 0 Å². The number of rotatable bonds is 3. The zero-order valence-corrected chi connectivity index (χ0v) is 17.8. The summed E-state index contributed by atoms with van der Waals surface area (Å²) >= 11 is 0. The van der Waals surface area contributed by atoms with E-state index >= 15 is 0 Å². The van der Waals surface area contributed by atoms with Gasteiger partial charge >= 0.3 is 5.70 Å². The minimum absolute atomic E-state index is 0.448. The van der Waals surface area contributed by atoms with Gasteiger partial charge in [0.2, 0.25) is 5.39 Å². The molecule has 0 amide bonds. The molecule has 4 rings (SSSR count). The van der Waals surface area contributed by atoms with Crippen LogP contribution in [-0.2, 0) is 9.98 Å². The second-order valence-electron chi connectivity index (χ2n) is 6.95. The fourth-order valence-electron chi connectivity index (χ4n) is 3.37. The van der Waals surface area contributed by atoms with Crippen LogP contribution in [0.1, 0.15) is 11.1 Å². The Labute approximate surface area is 187 Å². The van der Waals surface area contributed by atoms with Gasteiger partial charge in [-0.1, -0.05) is 60.7 Å². The van der Waals surface area contributed by atoms with E-state index < -0.39 is 9.98 Å². The molecule has 32 heavy (non-hydrogen) atoms. The van der Waals surface area contributed by atoms with E-state index in [0.717, 1.165) is 22.3 Å². The van der Waals surface area contributed by atoms with Gasteiger partial charge in [-0.05, 0) is 59.7 Å². The van der Waals surface area contributed by atoms with Crippen LogP contribution in [0.3, 0.4) is 0 Å². The van der Waals surface area contributed by atoms with Crippen molar-refractivity contribution in [1.29, 1.82) is 5.39 Å². The number of benzene rings is 2. The van der Waals surface area contributed by atoms with E-state index in [9.17, 15) is 15.1 Å². The van der Waals surface area contributed by atoms with E-state index in [-0.39, 0.29) is 0 Å². The van der Waals surface area contributed by atoms with E-state index in [4.69, 9.17) is 0 Å². The van der Waals surface area contributed by atoms with Crippen LogP contribution in [0.25, 0.3) is 21.9 Å². The zero-order chi connectivity index (χ0) is 22.3. The fraction of sp³-hybridized carbons (Fsp3) is 0. The third kappa shape index (κ3) is 4.38. The fourth-order valence-corrected chi connectivity index (χ4v) is 4.40. The summed E-state index contributed by atoms with van der Waals surface area (Å²) in [6, 6.07) is 18.7. The Morgan fingerprint density at radius 1 is 0.719 bits per heavy atom. The van der Waals surface area contributed by atoms with Gasteiger partial charge in [0.1, 0.15) is 0 Å². The standard InChI is InChI=1S/C26H18N4OS/c27-29-25(19-7-3-1-4-8-19)21-11-15-23(16-12-21)32(31)24-17-13-22(14-18-24)26(30-28)20-9-5-2-6-10-20/h1-18H. The van der Waals surface area contributed by atoms with Gasteiger partial charge in [0.05, 0.1) is 26.6 Å². The molecular weight excluding hydrogens is 416 g/mol. The third-order valence-corrected chi connectivity index (χ3v) is 6.38. The summed E-state index contributed by atoms with van der Waals surface area (Å²) in [6.45, 7) is 0. The highest BCUT2D eigenvalue weighted by Crippen LogP contribution is 2.25. The molecule has 0 aromatic heterocycles. The monoisotopic (exact) mass is 434 g/mol. The van der Waals surface area contributed by atoms with Gasteiger partial charge < -0.3 is 10.6 Å². The topological polar surface area (TPSA) is 79.9 Å². The SMILES string of the molecule is N#[N+]C(=C1C=CC(=S(=O)=C2C=CC(=C(N=[N-])c3ccccc3)C=C2)C=C1)c1ccccc1. The summed E-state index contributed by atoms with van der Waals surface area (Å²) in [5, 5.41) is 12.9. The van der Waals surface area contributed by atoms with Crippen molar-refractivity contribution in [1.82, 2.24) is 0 Å². The summed E-state index contributed by atoms with van der Waals surface area (Å²) in [6.07, 6.45) is 14.2. The largest absolute Gasteiger partial charge is 0.706 e. The Morgan fingerprint density at radius 2 is 1.19 bits per heavy atom. The van der Waals surface area contributed by atoms with Crippen LogP contribution in [0.5, 0.6) is 0 Å². The minimum Gasteiger partial charge on any atom is -0.706 e. The molecule has 0 N–H and O–H groups in total. The predicted molar refractivity (Wildman–Crippen MR) is 132 cm³/mol. The van der Waals surface area contributed by atoms with E-state index in [1.165, 1.54) is 0 Å². The Balaban J connectivity index is 1.67. The molecule has 0 saturated carbocycles. The summed E-state index contributed by atoms with van der Waals surface area (Å²) in [4.78, 5) is 4.69. The highest BCUT2D eigenvalue weighted by atomic mass is 32.1. The first-order valence-corrected chi connectivity index (χ1v) is 11.0. The molecule has 0 spiro atoms. The van der Waals surface area contributed by atoms with E-state index in [1.54, 1.807) is 48.6 Å². The molecule has 154 valence electrons. The predicted octanol–water partition coefficient (Wildman–Crippen LogP) is 6.03. The number of hydrogen-bond donors (Lipinski definition) is 0. The average Bonchev–Trinajstić information content (AvgIpc) is 2.87. The van der Waals surface area contributed by atoms with Crippen molar-refractivity contribution >= 4 is 31.1 Å². The van der Waals surface area contributed by atoms with Crippen LogP contribution in [0, 0.1) is 5.39 Å². The molecule has 6 heteroatoms. The molecule has 0 bridgehead atoms. The molecule has 0 fully saturated rings. The molecule has 0 saturated heterocycles. The molecule has 2 aromatic rings. The van der Waals surface area contributed by atoms with Gasteiger partial charge in [-0.2, -0.15) is 0 Å². The maximum atomic E-state index is 13.0. The summed E-state index contributed by atoms with van der Waals surface area (Å²) in [7, 11) is -1.39. The highest BCUT2D eigenvalue weighted by Gasteiger charge is 2.19. The summed E-state index contributed by atoms with van der Waals surface area (Å²) in [5.41, 5.74) is 13.4. The van der Waals surface area contributed by atoms with Crippen molar-refractivity contribution < 1.29 is 4.21 Å². The van der Waals surface area contributed by atoms with Gasteiger partial charge in [0.15, 0.2) is 4.98 Å². The lowest BCUT2D eigenvalue weighted by Crippen LogP contribution is -2.03. The van der Waals surface area contributed by atoms with Gasteiger partial charge in [0, 0.05) is 9.98 Å². The maximum absolute atomic E-state index is 13.0. The molecule has 2 aliphatic carbocycles. The van der Waals surface area contributed by atoms with Crippen molar-refractivity contribution in [3.05, 3.63) is 142 Å². The Kier molecular flexibility index (Phi) is 6.30. The number of hydrogen-bond acceptors (Lipinski definition) is 3. The third-order valence-electron chi connectivity index (χ3n) is 4.98. The molecule has 0 atom stereocenters.